The van der Waals surface area contributed by atoms with Crippen molar-refractivity contribution in [3.63, 3.8) is 0 Å². The number of hydrogen-bond donors (Lipinski definition) is 1. The van der Waals surface area contributed by atoms with Gasteiger partial charge in [0.2, 0.25) is 5.82 Å². The van der Waals surface area contributed by atoms with Gasteiger partial charge in [-0.25, -0.2) is 4.79 Å². The number of carbonyl (C=O) groups is 1. The summed E-state index contributed by atoms with van der Waals surface area (Å²) >= 11 is 0. The van der Waals surface area contributed by atoms with E-state index < -0.39 is 17.1 Å². The SMILES string of the molecule is O=CCCn1cc(F)c(=O)[nH]c1=O. The molecule has 1 aromatic heterocycles. The highest BCUT2D eigenvalue weighted by Crippen LogP contribution is 1.85. The Morgan fingerprint density at radius 3 is 2.85 bits per heavy atom. The van der Waals surface area contributed by atoms with E-state index in [9.17, 15) is 18.8 Å². The van der Waals surface area contributed by atoms with Crippen LogP contribution in [0.1, 0.15) is 6.42 Å². The second kappa shape index (κ2) is 3.79. The summed E-state index contributed by atoms with van der Waals surface area (Å²) in [4.78, 5) is 33.2. The van der Waals surface area contributed by atoms with Gasteiger partial charge in [0.15, 0.2) is 0 Å². The topological polar surface area (TPSA) is 71.9 Å². The maximum atomic E-state index is 12.6. The Bertz CT molecular complexity index is 420. The molecule has 1 rings (SSSR count). The van der Waals surface area contributed by atoms with E-state index in [2.05, 4.69) is 0 Å². The van der Waals surface area contributed by atoms with Crippen LogP contribution >= 0.6 is 0 Å². The second-order valence-electron chi connectivity index (χ2n) is 2.39. The third-order valence-electron chi connectivity index (χ3n) is 1.46. The normalized spacial score (nSPS) is 9.92. The van der Waals surface area contributed by atoms with Crippen LogP contribution in [0.3, 0.4) is 0 Å². The number of carbonyl (C=O) groups excluding carboxylic acids is 1. The van der Waals surface area contributed by atoms with Crippen LogP contribution in [-0.2, 0) is 11.3 Å². The van der Waals surface area contributed by atoms with E-state index in [-0.39, 0.29) is 13.0 Å². The summed E-state index contributed by atoms with van der Waals surface area (Å²) < 4.78 is 13.5. The minimum absolute atomic E-state index is 0.0655. The average molecular weight is 186 g/mol. The van der Waals surface area contributed by atoms with Gasteiger partial charge in [0.1, 0.15) is 6.29 Å². The summed E-state index contributed by atoms with van der Waals surface area (Å²) in [5.74, 6) is -1.04. The molecule has 6 heteroatoms. The van der Waals surface area contributed by atoms with Crippen LogP contribution in [0.4, 0.5) is 4.39 Å². The fourth-order valence-corrected chi connectivity index (χ4v) is 0.841. The third kappa shape index (κ3) is 2.11. The van der Waals surface area contributed by atoms with Gasteiger partial charge < -0.3 is 4.79 Å². The molecule has 0 radical (unpaired) electrons. The second-order valence-corrected chi connectivity index (χ2v) is 2.39. The molecule has 0 aliphatic carbocycles. The first kappa shape index (κ1) is 9.37. The molecule has 0 atom stereocenters. The van der Waals surface area contributed by atoms with Gasteiger partial charge in [-0.1, -0.05) is 0 Å². The lowest BCUT2D eigenvalue weighted by molar-refractivity contribution is -0.108. The Morgan fingerprint density at radius 1 is 1.54 bits per heavy atom. The van der Waals surface area contributed by atoms with Crippen LogP contribution in [0, 0.1) is 5.82 Å². The summed E-state index contributed by atoms with van der Waals surface area (Å²) in [5.41, 5.74) is -1.76. The number of aromatic amines is 1. The molecule has 0 bridgehead atoms. The smallest absolute Gasteiger partial charge is 0.303 e. The number of hydrogen-bond acceptors (Lipinski definition) is 3. The average Bonchev–Trinajstić information content (AvgIpc) is 2.09. The summed E-state index contributed by atoms with van der Waals surface area (Å²) in [6, 6.07) is 0. The number of rotatable bonds is 3. The zero-order valence-electron chi connectivity index (χ0n) is 6.62. The van der Waals surface area contributed by atoms with E-state index in [1.807, 2.05) is 0 Å². The lowest BCUT2D eigenvalue weighted by atomic mass is 10.4. The fourth-order valence-electron chi connectivity index (χ4n) is 0.841. The molecule has 0 aliphatic heterocycles. The minimum Gasteiger partial charge on any atom is -0.303 e. The zero-order chi connectivity index (χ0) is 9.84. The van der Waals surface area contributed by atoms with Crippen LogP contribution < -0.4 is 11.2 Å². The molecule has 0 saturated carbocycles. The Labute approximate surface area is 71.8 Å². The molecule has 0 aromatic carbocycles. The van der Waals surface area contributed by atoms with E-state index in [1.165, 1.54) is 0 Å². The summed E-state index contributed by atoms with van der Waals surface area (Å²) in [7, 11) is 0. The van der Waals surface area contributed by atoms with Gasteiger partial charge in [0.25, 0.3) is 5.56 Å². The van der Waals surface area contributed by atoms with Gasteiger partial charge in [-0.15, -0.1) is 0 Å². The number of aryl methyl sites for hydroxylation is 1. The molecular weight excluding hydrogens is 179 g/mol. The first-order valence-electron chi connectivity index (χ1n) is 3.58. The number of halogens is 1. The summed E-state index contributed by atoms with van der Waals surface area (Å²) in [6.45, 7) is 0.0655. The predicted octanol–water partition coefficient (Wildman–Crippen LogP) is -0.735. The van der Waals surface area contributed by atoms with E-state index in [4.69, 9.17) is 0 Å². The van der Waals surface area contributed by atoms with Crippen LogP contribution in [0.25, 0.3) is 0 Å². The van der Waals surface area contributed by atoms with Crippen molar-refractivity contribution >= 4 is 6.29 Å². The highest BCUT2D eigenvalue weighted by Gasteiger charge is 2.02. The van der Waals surface area contributed by atoms with Gasteiger partial charge in [0, 0.05) is 13.0 Å². The molecule has 0 spiro atoms. The molecular formula is C7H7FN2O3. The van der Waals surface area contributed by atoms with Gasteiger partial charge >= 0.3 is 5.69 Å². The van der Waals surface area contributed by atoms with Gasteiger partial charge in [-0.3, -0.25) is 14.3 Å². The van der Waals surface area contributed by atoms with Crippen molar-refractivity contribution < 1.29 is 9.18 Å². The monoisotopic (exact) mass is 186 g/mol. The first-order chi connectivity index (χ1) is 6.15. The molecule has 5 nitrogen and oxygen atoms in total. The van der Waals surface area contributed by atoms with E-state index in [1.54, 1.807) is 4.98 Å². The largest absolute Gasteiger partial charge is 0.328 e. The van der Waals surface area contributed by atoms with Gasteiger partial charge in [-0.2, -0.15) is 4.39 Å². The molecule has 1 aromatic rings. The van der Waals surface area contributed by atoms with Crippen LogP contribution in [0.15, 0.2) is 15.8 Å². The molecule has 0 saturated heterocycles. The van der Waals surface area contributed by atoms with Crippen molar-refractivity contribution in [1.82, 2.24) is 9.55 Å². The maximum Gasteiger partial charge on any atom is 0.328 e. The van der Waals surface area contributed by atoms with Crippen molar-refractivity contribution in [2.75, 3.05) is 0 Å². The lowest BCUT2D eigenvalue weighted by Crippen LogP contribution is -2.31. The van der Waals surface area contributed by atoms with E-state index in [0.717, 1.165) is 10.8 Å². The van der Waals surface area contributed by atoms with Crippen molar-refractivity contribution in [2.24, 2.45) is 0 Å². The highest BCUT2D eigenvalue weighted by atomic mass is 19.1. The molecule has 0 aliphatic rings. The molecule has 0 amide bonds. The summed E-state index contributed by atoms with van der Waals surface area (Å²) in [6.07, 6.45) is 1.49. The van der Waals surface area contributed by atoms with Crippen LogP contribution in [0.5, 0.6) is 0 Å². The molecule has 1 N–H and O–H groups in total. The predicted molar refractivity (Wildman–Crippen MR) is 42.0 cm³/mol. The molecule has 1 heterocycles. The number of nitrogens with one attached hydrogen (secondary N) is 1. The van der Waals surface area contributed by atoms with E-state index >= 15 is 0 Å². The molecule has 13 heavy (non-hydrogen) atoms. The van der Waals surface area contributed by atoms with Crippen molar-refractivity contribution in [1.29, 1.82) is 0 Å². The number of nitrogens with zero attached hydrogens (tertiary/aromatic N) is 1. The number of aldehydes is 1. The minimum atomic E-state index is -1.05. The number of aromatic nitrogens is 2. The van der Waals surface area contributed by atoms with Gasteiger partial charge in [0.05, 0.1) is 6.20 Å². The Hall–Kier alpha value is -1.72. The standard InChI is InChI=1S/C7H7FN2O3/c8-5-4-10(2-1-3-11)7(13)9-6(5)12/h3-4H,1-2H2,(H,9,12,13). The summed E-state index contributed by atoms with van der Waals surface area (Å²) in [5, 5.41) is 0. The molecule has 70 valence electrons. The van der Waals surface area contributed by atoms with Crippen LogP contribution in [0.2, 0.25) is 0 Å². The Balaban J connectivity index is 3.08. The Morgan fingerprint density at radius 2 is 2.23 bits per heavy atom. The maximum absolute atomic E-state index is 12.6. The molecule has 0 unspecified atom stereocenters. The van der Waals surface area contributed by atoms with Crippen molar-refractivity contribution in [2.45, 2.75) is 13.0 Å². The van der Waals surface area contributed by atoms with E-state index in [0.29, 0.717) is 6.29 Å². The Kier molecular flexibility index (Phi) is 2.73. The van der Waals surface area contributed by atoms with Crippen molar-refractivity contribution in [3.05, 3.63) is 32.9 Å². The first-order valence-corrected chi connectivity index (χ1v) is 3.58. The quantitative estimate of drug-likeness (QED) is 0.632. The lowest BCUT2D eigenvalue weighted by Gasteiger charge is -2.00. The fraction of sp³-hybridized carbons (Fsp3) is 0.286. The number of H-pyrrole nitrogens is 1. The highest BCUT2D eigenvalue weighted by molar-refractivity contribution is 5.48. The third-order valence-corrected chi connectivity index (χ3v) is 1.46. The van der Waals surface area contributed by atoms with Crippen molar-refractivity contribution in [3.8, 4) is 0 Å². The zero-order valence-corrected chi connectivity index (χ0v) is 6.62. The molecule has 0 fully saturated rings. The van der Waals surface area contributed by atoms with Crippen LogP contribution in [-0.4, -0.2) is 15.8 Å². The van der Waals surface area contributed by atoms with Gasteiger partial charge in [-0.05, 0) is 0 Å².